The van der Waals surface area contributed by atoms with E-state index in [1.165, 1.54) is 5.57 Å². The number of ether oxygens (including phenoxy) is 1. The fourth-order valence-electron chi connectivity index (χ4n) is 4.35. The van der Waals surface area contributed by atoms with Crippen molar-refractivity contribution in [3.63, 3.8) is 0 Å². The zero-order chi connectivity index (χ0) is 20.3. The number of anilines is 1. The Bertz CT molecular complexity index is 1100. The first-order chi connectivity index (χ1) is 14.8. The number of hydrogen-bond donors (Lipinski definition) is 1. The van der Waals surface area contributed by atoms with Crippen molar-refractivity contribution in [1.82, 2.24) is 19.9 Å². The lowest BCUT2D eigenvalue weighted by Gasteiger charge is -2.29. The molecule has 3 heterocycles. The molecule has 1 aliphatic carbocycles. The lowest BCUT2D eigenvalue weighted by atomic mass is 9.79. The molecule has 7 nitrogen and oxygen atoms in total. The van der Waals surface area contributed by atoms with Crippen molar-refractivity contribution in [2.75, 3.05) is 18.5 Å². The number of nitrogens with zero attached hydrogens (tertiary/aromatic N) is 4. The molecule has 1 saturated carbocycles. The van der Waals surface area contributed by atoms with Gasteiger partial charge in [-0.2, -0.15) is 0 Å². The minimum atomic E-state index is -0.248. The highest BCUT2D eigenvalue weighted by Crippen LogP contribution is 2.37. The van der Waals surface area contributed by atoms with E-state index in [4.69, 9.17) is 4.74 Å². The monoisotopic (exact) mass is 401 g/mol. The van der Waals surface area contributed by atoms with Crippen LogP contribution in [0.15, 0.2) is 49.1 Å². The van der Waals surface area contributed by atoms with Crippen molar-refractivity contribution in [3.05, 3.63) is 60.2 Å². The van der Waals surface area contributed by atoms with Crippen LogP contribution in [0.1, 0.15) is 42.7 Å². The number of benzene rings is 1. The summed E-state index contributed by atoms with van der Waals surface area (Å²) in [5.74, 6) is 0.817. The van der Waals surface area contributed by atoms with Crippen molar-refractivity contribution < 1.29 is 9.53 Å². The number of ketones is 1. The zero-order valence-corrected chi connectivity index (χ0v) is 16.6. The second-order valence-electron chi connectivity index (χ2n) is 7.76. The molecule has 1 N–H and O–H groups in total. The normalized spacial score (nSPS) is 22.0. The van der Waals surface area contributed by atoms with E-state index in [2.05, 4.69) is 43.5 Å². The molecule has 152 valence electrons. The Morgan fingerprint density at radius 1 is 1.00 bits per heavy atom. The summed E-state index contributed by atoms with van der Waals surface area (Å²) in [7, 11) is 0. The number of carbonyl (C=O) groups is 1. The predicted octanol–water partition coefficient (Wildman–Crippen LogP) is 3.54. The summed E-state index contributed by atoms with van der Waals surface area (Å²) in [6, 6.07) is 5.82. The lowest BCUT2D eigenvalue weighted by molar-refractivity contribution is -0.121. The van der Waals surface area contributed by atoms with E-state index in [0.29, 0.717) is 19.0 Å². The van der Waals surface area contributed by atoms with E-state index < -0.39 is 0 Å². The highest BCUT2D eigenvalue weighted by molar-refractivity contribution is 5.89. The van der Waals surface area contributed by atoms with Crippen LogP contribution in [0.2, 0.25) is 0 Å². The highest BCUT2D eigenvalue weighted by Gasteiger charge is 2.31. The van der Waals surface area contributed by atoms with Gasteiger partial charge in [-0.1, -0.05) is 6.08 Å². The molecule has 1 aliphatic heterocycles. The molecule has 1 aromatic carbocycles. The number of hydrogen-bond acceptors (Lipinski definition) is 7. The van der Waals surface area contributed by atoms with Gasteiger partial charge < -0.3 is 10.1 Å². The van der Waals surface area contributed by atoms with E-state index in [0.717, 1.165) is 48.0 Å². The minimum absolute atomic E-state index is 0.131. The van der Waals surface area contributed by atoms with E-state index in [9.17, 15) is 4.79 Å². The van der Waals surface area contributed by atoms with Crippen LogP contribution in [-0.4, -0.2) is 45.0 Å². The van der Waals surface area contributed by atoms with Crippen LogP contribution >= 0.6 is 0 Å². The first-order valence-electron chi connectivity index (χ1n) is 10.4. The van der Waals surface area contributed by atoms with Crippen molar-refractivity contribution in [2.45, 2.75) is 37.6 Å². The number of Topliss-reactive ketones (excluding diaryl/α,β-unsaturated/α-hetero) is 1. The molecule has 3 aromatic rings. The van der Waals surface area contributed by atoms with Gasteiger partial charge in [0.2, 0.25) is 5.95 Å². The Labute approximate surface area is 174 Å². The fourth-order valence-corrected chi connectivity index (χ4v) is 4.35. The van der Waals surface area contributed by atoms with Gasteiger partial charge >= 0.3 is 0 Å². The molecule has 30 heavy (non-hydrogen) atoms. The predicted molar refractivity (Wildman–Crippen MR) is 114 cm³/mol. The molecule has 7 heteroatoms. The molecule has 2 aromatic heterocycles. The largest absolute Gasteiger partial charge is 0.377 e. The number of nitrogens with one attached hydrogen (secondary N) is 1. The Kier molecular flexibility index (Phi) is 5.19. The van der Waals surface area contributed by atoms with E-state index in [1.54, 1.807) is 30.9 Å². The summed E-state index contributed by atoms with van der Waals surface area (Å²) in [4.78, 5) is 30.4. The third-order valence-electron chi connectivity index (χ3n) is 5.89. The molecule has 0 radical (unpaired) electrons. The number of aromatic nitrogens is 4. The van der Waals surface area contributed by atoms with Gasteiger partial charge in [0, 0.05) is 31.2 Å². The summed E-state index contributed by atoms with van der Waals surface area (Å²) in [5, 5.41) is 3.18. The van der Waals surface area contributed by atoms with Gasteiger partial charge in [0.1, 0.15) is 0 Å². The maximum absolute atomic E-state index is 12.9. The Hall–Kier alpha value is -3.19. The SMILES string of the molecule is O=C1C[C@@H](c2cc(C3=CCOCC3)cc3nccnc23)CC[C@H]1Nc1ncccn1. The zero-order valence-electron chi connectivity index (χ0n) is 16.6. The molecule has 5 rings (SSSR count). The molecule has 0 unspecified atom stereocenters. The van der Waals surface area contributed by atoms with Crippen LogP contribution in [0, 0.1) is 0 Å². The Morgan fingerprint density at radius 2 is 1.87 bits per heavy atom. The summed E-state index contributed by atoms with van der Waals surface area (Å²) < 4.78 is 5.46. The number of carbonyl (C=O) groups excluding carboxylic acids is 1. The van der Waals surface area contributed by atoms with Gasteiger partial charge in [-0.25, -0.2) is 9.97 Å². The van der Waals surface area contributed by atoms with Crippen molar-refractivity contribution in [1.29, 1.82) is 0 Å². The number of rotatable bonds is 4. The molecule has 0 spiro atoms. The van der Waals surface area contributed by atoms with Gasteiger partial charge in [-0.3, -0.25) is 14.8 Å². The first-order valence-corrected chi connectivity index (χ1v) is 10.4. The maximum Gasteiger partial charge on any atom is 0.223 e. The average molecular weight is 401 g/mol. The van der Waals surface area contributed by atoms with Crippen LogP contribution < -0.4 is 5.32 Å². The first kappa shape index (κ1) is 18.8. The van der Waals surface area contributed by atoms with E-state index in [1.807, 2.05) is 0 Å². The quantitative estimate of drug-likeness (QED) is 0.715. The van der Waals surface area contributed by atoms with E-state index >= 15 is 0 Å². The number of fused-ring (bicyclic) bond motifs is 1. The fraction of sp³-hybridized carbons (Fsp3) is 0.348. The Balaban J connectivity index is 1.43. The molecule has 0 amide bonds. The smallest absolute Gasteiger partial charge is 0.223 e. The van der Waals surface area contributed by atoms with Crippen LogP contribution in [0.5, 0.6) is 0 Å². The molecule has 0 saturated heterocycles. The minimum Gasteiger partial charge on any atom is -0.377 e. The van der Waals surface area contributed by atoms with Gasteiger partial charge in [0.05, 0.1) is 30.3 Å². The third-order valence-corrected chi connectivity index (χ3v) is 5.89. The summed E-state index contributed by atoms with van der Waals surface area (Å²) in [5.41, 5.74) is 5.32. The molecule has 2 aliphatic rings. The molecule has 0 bridgehead atoms. The van der Waals surface area contributed by atoms with Crippen LogP contribution in [-0.2, 0) is 9.53 Å². The van der Waals surface area contributed by atoms with Gasteiger partial charge in [0.15, 0.2) is 5.78 Å². The molecule has 1 fully saturated rings. The van der Waals surface area contributed by atoms with Gasteiger partial charge in [0.25, 0.3) is 0 Å². The average Bonchev–Trinajstić information content (AvgIpc) is 2.81. The highest BCUT2D eigenvalue weighted by atomic mass is 16.5. The van der Waals surface area contributed by atoms with Crippen molar-refractivity contribution in [2.24, 2.45) is 0 Å². The van der Waals surface area contributed by atoms with Gasteiger partial charge in [-0.15, -0.1) is 0 Å². The van der Waals surface area contributed by atoms with Gasteiger partial charge in [-0.05, 0) is 60.1 Å². The van der Waals surface area contributed by atoms with Crippen molar-refractivity contribution >= 4 is 28.3 Å². The molecule has 2 atom stereocenters. The lowest BCUT2D eigenvalue weighted by Crippen LogP contribution is -2.35. The second-order valence-corrected chi connectivity index (χ2v) is 7.76. The van der Waals surface area contributed by atoms with Crippen molar-refractivity contribution in [3.8, 4) is 0 Å². The van der Waals surface area contributed by atoms with E-state index in [-0.39, 0.29) is 17.7 Å². The summed E-state index contributed by atoms with van der Waals surface area (Å²) in [6.45, 7) is 1.37. The maximum atomic E-state index is 12.9. The standard InChI is InChI=1S/C23H23N5O2/c29-21-14-16(2-3-19(21)28-23-26-6-1-7-27-23)18-12-17(15-4-10-30-11-5-15)13-20-22(18)25-9-8-24-20/h1,4,6-9,12-13,16,19H,2-3,5,10-11,14H2,(H,26,27,28)/t16-,19+/m0/s1. The second kappa shape index (κ2) is 8.28. The summed E-state index contributed by atoms with van der Waals surface area (Å²) >= 11 is 0. The summed E-state index contributed by atoms with van der Waals surface area (Å²) in [6.07, 6.45) is 11.9. The van der Waals surface area contributed by atoms with Crippen LogP contribution in [0.25, 0.3) is 16.6 Å². The Morgan fingerprint density at radius 3 is 2.67 bits per heavy atom. The molecular weight excluding hydrogens is 378 g/mol. The van der Waals surface area contributed by atoms with Crippen LogP contribution in [0.3, 0.4) is 0 Å². The van der Waals surface area contributed by atoms with Crippen LogP contribution in [0.4, 0.5) is 5.95 Å². The molecular formula is C23H23N5O2. The topological polar surface area (TPSA) is 89.9 Å². The third kappa shape index (κ3) is 3.80.